The molecule has 4 aromatic heterocycles. The zero-order chi connectivity index (χ0) is 42.1. The maximum absolute atomic E-state index is 6.69. The smallest absolute Gasteiger partial charge is 0.167 e. The number of benzene rings is 9. The lowest BCUT2D eigenvalue weighted by Gasteiger charge is -2.16. The van der Waals surface area contributed by atoms with Gasteiger partial charge >= 0.3 is 0 Å². The maximum Gasteiger partial charge on any atom is 0.167 e. The number of para-hydroxylation sites is 4. The highest BCUT2D eigenvalue weighted by atomic mass is 16.3. The summed E-state index contributed by atoms with van der Waals surface area (Å²) < 4.78 is 13.2. The number of rotatable bonds is 6. The fraction of sp³-hybridized carbons (Fsp3) is 0. The van der Waals surface area contributed by atoms with Crippen LogP contribution in [0.1, 0.15) is 0 Å². The van der Waals surface area contributed by atoms with Crippen LogP contribution in [0.15, 0.2) is 215 Å². The highest BCUT2D eigenvalue weighted by molar-refractivity contribution is 6.27. The summed E-state index contributed by atoms with van der Waals surface area (Å²) in [6.45, 7) is 0. The van der Waals surface area contributed by atoms with Gasteiger partial charge in [-0.15, -0.1) is 0 Å². The van der Waals surface area contributed by atoms with Crippen LogP contribution in [0.5, 0.6) is 0 Å². The standard InChI is InChI=1S/C58H34N4O2/c1-3-14-35(15-4-1)36-26-30-38(31-27-36)54-46-34-50-53(44-20-9-12-25-49(44)63-50)51(52(46)43-19-7-10-23-47(43)59-54)37-28-32-40(33-29-37)57-60-56(39-16-5-2-6-17-39)61-58(62-57)45-22-13-21-42-41-18-8-11-24-48(41)64-55(42)45/h1-34H. The topological polar surface area (TPSA) is 77.8 Å². The third kappa shape index (κ3) is 5.81. The van der Waals surface area contributed by atoms with Crippen molar-refractivity contribution < 1.29 is 8.83 Å². The third-order valence-electron chi connectivity index (χ3n) is 12.3. The van der Waals surface area contributed by atoms with E-state index < -0.39 is 0 Å². The molecule has 9 aromatic carbocycles. The van der Waals surface area contributed by atoms with E-state index in [1.54, 1.807) is 0 Å². The minimum atomic E-state index is 0.543. The Labute approximate surface area is 366 Å². The second-order valence-corrected chi connectivity index (χ2v) is 16.1. The van der Waals surface area contributed by atoms with Gasteiger partial charge in [-0.2, -0.15) is 0 Å². The van der Waals surface area contributed by atoms with Crippen molar-refractivity contribution in [3.8, 4) is 67.7 Å². The van der Waals surface area contributed by atoms with Crippen molar-refractivity contribution in [2.75, 3.05) is 0 Å². The van der Waals surface area contributed by atoms with Gasteiger partial charge in [0.1, 0.15) is 22.3 Å². The van der Waals surface area contributed by atoms with E-state index in [0.717, 1.165) is 110 Å². The molecule has 4 heterocycles. The first kappa shape index (κ1) is 36.0. The SMILES string of the molecule is c1ccc(-c2ccc(-c3nc4ccccc4c4c(-c5ccc(-c6nc(-c7ccccc7)nc(-c7cccc8c7oc7ccccc78)n6)cc5)c5c(cc34)oc3ccccc35)cc2)cc1. The van der Waals surface area contributed by atoms with Gasteiger partial charge in [0, 0.05) is 60.0 Å². The van der Waals surface area contributed by atoms with Gasteiger partial charge in [0.15, 0.2) is 17.5 Å². The summed E-state index contributed by atoms with van der Waals surface area (Å²) in [6.07, 6.45) is 0. The number of hydrogen-bond acceptors (Lipinski definition) is 6. The molecule has 0 saturated carbocycles. The molecule has 6 heteroatoms. The highest BCUT2D eigenvalue weighted by Crippen LogP contribution is 2.47. The lowest BCUT2D eigenvalue weighted by Crippen LogP contribution is -2.00. The van der Waals surface area contributed by atoms with Gasteiger partial charge in [-0.05, 0) is 47.0 Å². The fourth-order valence-electron chi connectivity index (χ4n) is 9.33. The highest BCUT2D eigenvalue weighted by Gasteiger charge is 2.23. The molecule has 0 saturated heterocycles. The summed E-state index contributed by atoms with van der Waals surface area (Å²) >= 11 is 0. The Balaban J connectivity index is 1.02. The fourth-order valence-corrected chi connectivity index (χ4v) is 9.33. The minimum absolute atomic E-state index is 0.543. The Bertz CT molecular complexity index is 3930. The van der Waals surface area contributed by atoms with Crippen LogP contribution in [0.4, 0.5) is 0 Å². The zero-order valence-electron chi connectivity index (χ0n) is 34.2. The van der Waals surface area contributed by atoms with Gasteiger partial charge in [0.2, 0.25) is 0 Å². The molecule has 0 spiro atoms. The Morgan fingerprint density at radius 2 is 0.828 bits per heavy atom. The molecule has 0 aliphatic carbocycles. The molecule has 298 valence electrons. The monoisotopic (exact) mass is 818 g/mol. The van der Waals surface area contributed by atoms with Crippen LogP contribution in [0.3, 0.4) is 0 Å². The van der Waals surface area contributed by atoms with Crippen molar-refractivity contribution in [3.63, 3.8) is 0 Å². The van der Waals surface area contributed by atoms with E-state index in [2.05, 4.69) is 127 Å². The molecule has 0 aliphatic heterocycles. The van der Waals surface area contributed by atoms with Gasteiger partial charge < -0.3 is 8.83 Å². The number of fused-ring (bicyclic) bond motifs is 9. The summed E-state index contributed by atoms with van der Waals surface area (Å²) in [6, 6.07) is 71.0. The van der Waals surface area contributed by atoms with Gasteiger partial charge in [0.25, 0.3) is 0 Å². The molecule has 0 N–H and O–H groups in total. The van der Waals surface area contributed by atoms with E-state index in [1.807, 2.05) is 78.9 Å². The summed E-state index contributed by atoms with van der Waals surface area (Å²) in [5.74, 6) is 1.69. The lowest BCUT2D eigenvalue weighted by molar-refractivity contribution is 0.669. The van der Waals surface area contributed by atoms with Crippen molar-refractivity contribution in [3.05, 3.63) is 206 Å². The average Bonchev–Trinajstić information content (AvgIpc) is 3.94. The number of pyridine rings is 1. The van der Waals surface area contributed by atoms with Crippen LogP contribution < -0.4 is 0 Å². The molecule has 0 aliphatic rings. The van der Waals surface area contributed by atoms with E-state index in [0.29, 0.717) is 17.5 Å². The van der Waals surface area contributed by atoms with Crippen LogP contribution in [-0.4, -0.2) is 19.9 Å². The van der Waals surface area contributed by atoms with E-state index in [-0.39, 0.29) is 0 Å². The van der Waals surface area contributed by atoms with Gasteiger partial charge in [-0.1, -0.05) is 176 Å². The number of hydrogen-bond donors (Lipinski definition) is 0. The van der Waals surface area contributed by atoms with Crippen LogP contribution in [0.25, 0.3) is 133 Å². The molecule has 13 rings (SSSR count). The zero-order valence-corrected chi connectivity index (χ0v) is 34.2. The Morgan fingerprint density at radius 1 is 0.297 bits per heavy atom. The van der Waals surface area contributed by atoms with Crippen LogP contribution in [-0.2, 0) is 0 Å². The summed E-state index contributed by atoms with van der Waals surface area (Å²) in [7, 11) is 0. The van der Waals surface area contributed by atoms with Crippen molar-refractivity contribution in [2.24, 2.45) is 0 Å². The van der Waals surface area contributed by atoms with E-state index >= 15 is 0 Å². The molecule has 64 heavy (non-hydrogen) atoms. The number of nitrogens with zero attached hydrogens (tertiary/aromatic N) is 4. The van der Waals surface area contributed by atoms with Crippen molar-refractivity contribution in [1.82, 2.24) is 19.9 Å². The van der Waals surface area contributed by atoms with Gasteiger partial charge in [0.05, 0.1) is 16.8 Å². The van der Waals surface area contributed by atoms with E-state index in [4.69, 9.17) is 28.8 Å². The number of furan rings is 2. The summed E-state index contributed by atoms with van der Waals surface area (Å²) in [5.41, 5.74) is 13.1. The predicted molar refractivity (Wildman–Crippen MR) is 260 cm³/mol. The van der Waals surface area contributed by atoms with E-state index in [1.165, 1.54) is 5.56 Å². The molecular weight excluding hydrogens is 785 g/mol. The third-order valence-corrected chi connectivity index (χ3v) is 12.3. The summed E-state index contributed by atoms with van der Waals surface area (Å²) in [5, 5.41) is 7.40. The second kappa shape index (κ2) is 14.4. The van der Waals surface area contributed by atoms with Crippen molar-refractivity contribution >= 4 is 65.6 Å². The first-order valence-corrected chi connectivity index (χ1v) is 21.4. The molecule has 0 unspecified atom stereocenters. The first-order chi connectivity index (χ1) is 31.7. The molecule has 6 nitrogen and oxygen atoms in total. The predicted octanol–water partition coefficient (Wildman–Crippen LogP) is 15.4. The second-order valence-electron chi connectivity index (χ2n) is 16.1. The number of aromatic nitrogens is 4. The molecule has 13 aromatic rings. The largest absolute Gasteiger partial charge is 0.456 e. The average molecular weight is 819 g/mol. The molecule has 0 radical (unpaired) electrons. The van der Waals surface area contributed by atoms with Crippen molar-refractivity contribution in [1.29, 1.82) is 0 Å². The quantitative estimate of drug-likeness (QED) is 0.156. The molecule has 0 bridgehead atoms. The molecule has 0 atom stereocenters. The first-order valence-electron chi connectivity index (χ1n) is 21.4. The van der Waals surface area contributed by atoms with Crippen LogP contribution in [0.2, 0.25) is 0 Å². The summed E-state index contributed by atoms with van der Waals surface area (Å²) in [4.78, 5) is 20.7. The normalized spacial score (nSPS) is 11.8. The lowest BCUT2D eigenvalue weighted by atomic mass is 9.89. The van der Waals surface area contributed by atoms with Gasteiger partial charge in [-0.3, -0.25) is 0 Å². The Morgan fingerprint density at radius 3 is 1.58 bits per heavy atom. The maximum atomic E-state index is 6.69. The minimum Gasteiger partial charge on any atom is -0.456 e. The van der Waals surface area contributed by atoms with Crippen LogP contribution >= 0.6 is 0 Å². The molecule has 0 amide bonds. The van der Waals surface area contributed by atoms with E-state index in [9.17, 15) is 0 Å². The Kier molecular flexibility index (Phi) is 8.11. The Hall–Kier alpha value is -8.74. The van der Waals surface area contributed by atoms with Crippen molar-refractivity contribution in [2.45, 2.75) is 0 Å². The van der Waals surface area contributed by atoms with Gasteiger partial charge in [-0.25, -0.2) is 19.9 Å². The molecule has 0 fully saturated rings. The van der Waals surface area contributed by atoms with Crippen LogP contribution in [0, 0.1) is 0 Å². The molecular formula is C58H34N4O2.